The third kappa shape index (κ3) is 3.27. The number of rotatable bonds is 4. The Bertz CT molecular complexity index is 596. The summed E-state index contributed by atoms with van der Waals surface area (Å²) in [6.07, 6.45) is 1.52. The van der Waals surface area contributed by atoms with E-state index in [2.05, 4.69) is 10.3 Å². The Labute approximate surface area is 112 Å². The van der Waals surface area contributed by atoms with Crippen LogP contribution in [0.25, 0.3) is 5.69 Å². The quantitative estimate of drug-likeness (QED) is 0.874. The van der Waals surface area contributed by atoms with E-state index in [-0.39, 0.29) is 11.4 Å². The predicted octanol–water partition coefficient (Wildman–Crippen LogP) is 1.01. The molecule has 0 radical (unpaired) electrons. The second-order valence-corrected chi connectivity index (χ2v) is 4.37. The summed E-state index contributed by atoms with van der Waals surface area (Å²) in [5.41, 5.74) is 6.18. The molecular weight excluding hydrogens is 275 g/mol. The van der Waals surface area contributed by atoms with Gasteiger partial charge in [0.25, 0.3) is 0 Å². The Kier molecular flexibility index (Phi) is 3.77. The molecule has 3 N–H and O–H groups in total. The number of aliphatic carboxylic acids is 1. The summed E-state index contributed by atoms with van der Waals surface area (Å²) < 4.78 is 14.5. The van der Waals surface area contributed by atoms with Crippen molar-refractivity contribution >= 4 is 17.6 Å². The number of carboxylic acid groups (broad SMARTS) is 1. The van der Waals surface area contributed by atoms with Gasteiger partial charge in [0.05, 0.1) is 17.6 Å². The molecule has 1 heterocycles. The Morgan fingerprint density at radius 1 is 1.53 bits per heavy atom. The summed E-state index contributed by atoms with van der Waals surface area (Å²) in [6, 6.07) is 2.87. The number of nitrogens with zero attached hydrogens (tertiary/aromatic N) is 3. The lowest BCUT2D eigenvalue weighted by Gasteiger charge is -2.02. The number of halogens is 2. The van der Waals surface area contributed by atoms with Gasteiger partial charge in [-0.25, -0.2) is 9.07 Å². The summed E-state index contributed by atoms with van der Waals surface area (Å²) in [5, 5.41) is 16.5. The molecule has 19 heavy (non-hydrogen) atoms. The minimum Gasteiger partial charge on any atom is -0.480 e. The van der Waals surface area contributed by atoms with Crippen LogP contribution in [0, 0.1) is 5.82 Å². The Morgan fingerprint density at radius 3 is 2.89 bits per heavy atom. The molecule has 0 spiro atoms. The molecule has 0 saturated heterocycles. The summed E-state index contributed by atoms with van der Waals surface area (Å²) in [4.78, 5) is 10.6. The third-order valence-electron chi connectivity index (χ3n) is 2.40. The van der Waals surface area contributed by atoms with Gasteiger partial charge in [0.15, 0.2) is 0 Å². The Hall–Kier alpha value is -1.99. The molecule has 0 aliphatic heterocycles. The molecule has 0 amide bonds. The first-order chi connectivity index (χ1) is 8.95. The van der Waals surface area contributed by atoms with Crippen molar-refractivity contribution in [3.8, 4) is 5.69 Å². The van der Waals surface area contributed by atoms with Gasteiger partial charge >= 0.3 is 5.97 Å². The lowest BCUT2D eigenvalue weighted by molar-refractivity contribution is -0.138. The highest BCUT2D eigenvalue weighted by molar-refractivity contribution is 6.30. The van der Waals surface area contributed by atoms with Gasteiger partial charge in [-0.05, 0) is 18.2 Å². The number of benzene rings is 1. The van der Waals surface area contributed by atoms with Crippen molar-refractivity contribution < 1.29 is 14.3 Å². The van der Waals surface area contributed by atoms with Crippen molar-refractivity contribution in [1.29, 1.82) is 0 Å². The number of carboxylic acids is 1. The lowest BCUT2D eigenvalue weighted by atomic mass is 10.2. The molecule has 0 fully saturated rings. The molecule has 100 valence electrons. The fourth-order valence-corrected chi connectivity index (χ4v) is 1.72. The van der Waals surface area contributed by atoms with Crippen LogP contribution in [0.15, 0.2) is 24.4 Å². The zero-order valence-electron chi connectivity index (χ0n) is 9.62. The van der Waals surface area contributed by atoms with E-state index in [9.17, 15) is 9.18 Å². The first kappa shape index (κ1) is 13.4. The number of nitrogens with two attached hydrogens (primary N) is 1. The second kappa shape index (κ2) is 5.33. The minimum absolute atomic E-state index is 0.0401. The second-order valence-electron chi connectivity index (χ2n) is 3.93. The molecule has 2 rings (SSSR count). The van der Waals surface area contributed by atoms with Crippen molar-refractivity contribution in [1.82, 2.24) is 15.0 Å². The van der Waals surface area contributed by atoms with Crippen LogP contribution < -0.4 is 5.73 Å². The fourth-order valence-electron chi connectivity index (χ4n) is 1.50. The fraction of sp³-hybridized carbons (Fsp3) is 0.182. The smallest absolute Gasteiger partial charge is 0.320 e. The van der Waals surface area contributed by atoms with E-state index in [4.69, 9.17) is 22.4 Å². The normalized spacial score (nSPS) is 12.4. The molecule has 6 nitrogen and oxygen atoms in total. The van der Waals surface area contributed by atoms with Gasteiger partial charge in [-0.15, -0.1) is 5.10 Å². The number of carbonyl (C=O) groups is 1. The first-order valence-corrected chi connectivity index (χ1v) is 5.69. The molecule has 0 bridgehead atoms. The molecule has 1 aromatic carbocycles. The molecule has 1 unspecified atom stereocenters. The highest BCUT2D eigenvalue weighted by Crippen LogP contribution is 2.17. The van der Waals surface area contributed by atoms with Gasteiger partial charge in [0.1, 0.15) is 11.9 Å². The minimum atomic E-state index is -1.12. The van der Waals surface area contributed by atoms with Gasteiger partial charge in [-0.2, -0.15) is 0 Å². The zero-order valence-corrected chi connectivity index (χ0v) is 10.4. The summed E-state index contributed by atoms with van der Waals surface area (Å²) in [6.45, 7) is 0. The van der Waals surface area contributed by atoms with Crippen molar-refractivity contribution in [2.24, 2.45) is 5.73 Å². The average Bonchev–Trinajstić information content (AvgIpc) is 2.76. The lowest BCUT2D eigenvalue weighted by Crippen LogP contribution is -2.32. The average molecular weight is 285 g/mol. The molecular formula is C11H10ClFN4O2. The van der Waals surface area contributed by atoms with Gasteiger partial charge in [-0.1, -0.05) is 16.8 Å². The van der Waals surface area contributed by atoms with Crippen molar-refractivity contribution in [3.05, 3.63) is 40.9 Å². The van der Waals surface area contributed by atoms with Crippen LogP contribution in [0.4, 0.5) is 4.39 Å². The van der Waals surface area contributed by atoms with Crippen LogP contribution in [0.2, 0.25) is 5.02 Å². The van der Waals surface area contributed by atoms with E-state index in [1.165, 1.54) is 29.1 Å². The van der Waals surface area contributed by atoms with Gasteiger partial charge < -0.3 is 10.8 Å². The molecule has 1 aromatic heterocycles. The van der Waals surface area contributed by atoms with Crippen LogP contribution in [-0.2, 0) is 11.2 Å². The van der Waals surface area contributed by atoms with Crippen LogP contribution in [0.5, 0.6) is 0 Å². The van der Waals surface area contributed by atoms with Crippen molar-refractivity contribution in [2.75, 3.05) is 0 Å². The number of hydrogen-bond donors (Lipinski definition) is 2. The molecule has 1 atom stereocenters. The number of aromatic nitrogens is 3. The van der Waals surface area contributed by atoms with E-state index in [0.717, 1.165) is 0 Å². The molecule has 0 aliphatic rings. The van der Waals surface area contributed by atoms with Crippen LogP contribution in [0.1, 0.15) is 5.69 Å². The van der Waals surface area contributed by atoms with Crippen LogP contribution >= 0.6 is 11.6 Å². The Morgan fingerprint density at radius 2 is 2.26 bits per heavy atom. The monoisotopic (exact) mass is 284 g/mol. The van der Waals surface area contributed by atoms with E-state index in [0.29, 0.717) is 11.4 Å². The standard InChI is InChI=1S/C11H10ClFN4O2/c12-6-1-7(13)3-9(2-6)17-5-8(15-16-17)4-10(14)11(18)19/h1-3,5,10H,4,14H2,(H,18,19). The largest absolute Gasteiger partial charge is 0.480 e. The van der Waals surface area contributed by atoms with E-state index in [1.54, 1.807) is 0 Å². The molecule has 0 saturated carbocycles. The highest BCUT2D eigenvalue weighted by Gasteiger charge is 2.15. The van der Waals surface area contributed by atoms with Crippen LogP contribution in [-0.4, -0.2) is 32.1 Å². The van der Waals surface area contributed by atoms with Gasteiger partial charge in [0.2, 0.25) is 0 Å². The summed E-state index contributed by atoms with van der Waals surface area (Å²) in [7, 11) is 0. The maximum Gasteiger partial charge on any atom is 0.320 e. The van der Waals surface area contributed by atoms with Crippen molar-refractivity contribution in [2.45, 2.75) is 12.5 Å². The van der Waals surface area contributed by atoms with Gasteiger partial charge in [0, 0.05) is 11.4 Å². The van der Waals surface area contributed by atoms with E-state index >= 15 is 0 Å². The topological polar surface area (TPSA) is 94.0 Å². The van der Waals surface area contributed by atoms with E-state index in [1.807, 2.05) is 0 Å². The molecule has 2 aromatic rings. The zero-order chi connectivity index (χ0) is 14.0. The number of hydrogen-bond acceptors (Lipinski definition) is 4. The highest BCUT2D eigenvalue weighted by atomic mass is 35.5. The van der Waals surface area contributed by atoms with E-state index < -0.39 is 17.8 Å². The maximum atomic E-state index is 13.2. The Balaban J connectivity index is 2.23. The maximum absolute atomic E-state index is 13.2. The molecule has 0 aliphatic carbocycles. The van der Waals surface area contributed by atoms with Crippen LogP contribution in [0.3, 0.4) is 0 Å². The van der Waals surface area contributed by atoms with Gasteiger partial charge in [-0.3, -0.25) is 4.79 Å². The SMILES string of the molecule is NC(Cc1cn(-c2cc(F)cc(Cl)c2)nn1)C(=O)O. The third-order valence-corrected chi connectivity index (χ3v) is 2.62. The molecule has 8 heteroatoms. The predicted molar refractivity (Wildman–Crippen MR) is 65.6 cm³/mol. The summed E-state index contributed by atoms with van der Waals surface area (Å²) >= 11 is 5.73. The van der Waals surface area contributed by atoms with Crippen molar-refractivity contribution in [3.63, 3.8) is 0 Å². The first-order valence-electron chi connectivity index (χ1n) is 5.32. The summed E-state index contributed by atoms with van der Waals surface area (Å²) in [5.74, 6) is -1.62.